The molecule has 0 spiro atoms. The van der Waals surface area contributed by atoms with Gasteiger partial charge in [0, 0.05) is 43.1 Å². The number of hydrogen-bond acceptors (Lipinski definition) is 5. The lowest BCUT2D eigenvalue weighted by molar-refractivity contribution is -0.144. The van der Waals surface area contributed by atoms with Gasteiger partial charge in [0.25, 0.3) is 0 Å². The molecule has 0 saturated carbocycles. The Balaban J connectivity index is 1.61. The van der Waals surface area contributed by atoms with Gasteiger partial charge < -0.3 is 9.80 Å². The van der Waals surface area contributed by atoms with E-state index in [1.54, 1.807) is 6.20 Å². The number of hydrogen-bond donors (Lipinski definition) is 0. The van der Waals surface area contributed by atoms with E-state index in [1.807, 2.05) is 34.1 Å². The molecule has 2 saturated heterocycles. The molecule has 7 heteroatoms. The van der Waals surface area contributed by atoms with Crippen molar-refractivity contribution >= 4 is 23.3 Å². The van der Waals surface area contributed by atoms with Gasteiger partial charge in [-0.2, -0.15) is 5.26 Å². The summed E-state index contributed by atoms with van der Waals surface area (Å²) in [6, 6.07) is 10.1. The Hall–Kier alpha value is -2.65. The second kappa shape index (κ2) is 7.40. The molecular formula is C21H22ClN5O. The van der Waals surface area contributed by atoms with Gasteiger partial charge in [-0.15, -0.1) is 0 Å². The first-order valence-electron chi connectivity index (χ1n) is 9.54. The first-order valence-corrected chi connectivity index (χ1v) is 9.92. The highest BCUT2D eigenvalue weighted by molar-refractivity contribution is 6.30. The molecule has 144 valence electrons. The topological polar surface area (TPSA) is 73.1 Å². The van der Waals surface area contributed by atoms with Gasteiger partial charge in [-0.1, -0.05) is 23.7 Å². The van der Waals surface area contributed by atoms with Gasteiger partial charge in [0.15, 0.2) is 11.5 Å². The predicted molar refractivity (Wildman–Crippen MR) is 107 cm³/mol. The van der Waals surface area contributed by atoms with E-state index < -0.39 is 5.41 Å². The summed E-state index contributed by atoms with van der Waals surface area (Å²) in [5.41, 5.74) is 0.866. The number of carbonyl (C=O) groups is 1. The van der Waals surface area contributed by atoms with Crippen LogP contribution in [0.3, 0.4) is 0 Å². The van der Waals surface area contributed by atoms with Crippen molar-refractivity contribution in [2.24, 2.45) is 5.41 Å². The molecule has 1 aromatic heterocycles. The van der Waals surface area contributed by atoms with Gasteiger partial charge in [-0.3, -0.25) is 4.79 Å². The Morgan fingerprint density at radius 1 is 1.29 bits per heavy atom. The molecule has 28 heavy (non-hydrogen) atoms. The number of benzene rings is 1. The van der Waals surface area contributed by atoms with Crippen LogP contribution in [0.15, 0.2) is 36.7 Å². The first-order chi connectivity index (χ1) is 13.5. The Morgan fingerprint density at radius 2 is 2.00 bits per heavy atom. The van der Waals surface area contributed by atoms with Crippen LogP contribution in [0.1, 0.15) is 31.0 Å². The number of carbonyl (C=O) groups excluding carboxylic acids is 1. The molecule has 2 aliphatic heterocycles. The van der Waals surface area contributed by atoms with Crippen LogP contribution < -0.4 is 4.90 Å². The third-order valence-corrected chi connectivity index (χ3v) is 6.05. The normalized spacial score (nSPS) is 20.5. The summed E-state index contributed by atoms with van der Waals surface area (Å²) < 4.78 is 0. The Morgan fingerprint density at radius 3 is 2.64 bits per heavy atom. The zero-order chi connectivity index (χ0) is 19.7. The molecule has 6 nitrogen and oxygen atoms in total. The number of rotatable bonds is 4. The minimum atomic E-state index is -0.517. The van der Waals surface area contributed by atoms with Crippen LogP contribution in [0, 0.1) is 16.7 Å². The molecule has 1 aromatic carbocycles. The summed E-state index contributed by atoms with van der Waals surface area (Å²) in [5, 5.41) is 10.0. The highest BCUT2D eigenvalue weighted by Crippen LogP contribution is 2.40. The first kappa shape index (κ1) is 18.7. The largest absolute Gasteiger partial charge is 0.352 e. The zero-order valence-corrected chi connectivity index (χ0v) is 16.6. The smallest absolute Gasteiger partial charge is 0.232 e. The Bertz CT molecular complexity index is 917. The van der Waals surface area contributed by atoms with Gasteiger partial charge >= 0.3 is 0 Å². The van der Waals surface area contributed by atoms with Crippen molar-refractivity contribution in [3.05, 3.63) is 52.9 Å². The second-order valence-electron chi connectivity index (χ2n) is 7.77. The van der Waals surface area contributed by atoms with Crippen LogP contribution in [-0.4, -0.2) is 46.5 Å². The van der Waals surface area contributed by atoms with Gasteiger partial charge in [-0.05, 0) is 43.9 Å². The van der Waals surface area contributed by atoms with Gasteiger partial charge in [0.2, 0.25) is 5.91 Å². The standard InChI is InChI=1S/C21H22ClN5O/c1-15-3-2-10-27(15)20(28)21(11-16-4-6-17(22)7-5-16)13-26(14-21)19-18(12-23)24-8-9-25-19/h4-9,15H,2-3,10-11,13-14H2,1H3. The second-order valence-corrected chi connectivity index (χ2v) is 8.21. The predicted octanol–water partition coefficient (Wildman–Crippen LogP) is 3.06. The fraction of sp³-hybridized carbons (Fsp3) is 0.429. The summed E-state index contributed by atoms with van der Waals surface area (Å²) in [4.78, 5) is 26.0. The highest BCUT2D eigenvalue weighted by atomic mass is 35.5. The summed E-state index contributed by atoms with van der Waals surface area (Å²) in [6.45, 7) is 4.00. The number of likely N-dealkylation sites (tertiary alicyclic amines) is 1. The number of nitriles is 1. The minimum absolute atomic E-state index is 0.200. The number of aromatic nitrogens is 2. The lowest BCUT2D eigenvalue weighted by Crippen LogP contribution is -2.65. The van der Waals surface area contributed by atoms with E-state index in [0.29, 0.717) is 36.0 Å². The SMILES string of the molecule is CC1CCCN1C(=O)C1(Cc2ccc(Cl)cc2)CN(c2nccnc2C#N)C1. The van der Waals surface area contributed by atoms with Crippen molar-refractivity contribution in [3.8, 4) is 6.07 Å². The van der Waals surface area contributed by atoms with Crippen LogP contribution in [0.4, 0.5) is 5.82 Å². The highest BCUT2D eigenvalue weighted by Gasteiger charge is 2.52. The van der Waals surface area contributed by atoms with Crippen LogP contribution in [0.25, 0.3) is 0 Å². The third-order valence-electron chi connectivity index (χ3n) is 5.79. The van der Waals surface area contributed by atoms with Crippen molar-refractivity contribution < 1.29 is 4.79 Å². The van der Waals surface area contributed by atoms with Crippen LogP contribution in [0.2, 0.25) is 5.02 Å². The average molecular weight is 396 g/mol. The van der Waals surface area contributed by atoms with Crippen LogP contribution in [0.5, 0.6) is 0 Å². The number of amides is 1. The average Bonchev–Trinajstić information content (AvgIpc) is 3.11. The summed E-state index contributed by atoms with van der Waals surface area (Å²) >= 11 is 6.02. The van der Waals surface area contributed by atoms with E-state index in [1.165, 1.54) is 6.20 Å². The molecule has 2 aliphatic rings. The molecule has 1 atom stereocenters. The van der Waals surface area contributed by atoms with Crippen molar-refractivity contribution in [3.63, 3.8) is 0 Å². The molecule has 0 N–H and O–H groups in total. The maximum Gasteiger partial charge on any atom is 0.232 e. The number of halogens is 1. The van der Waals surface area contributed by atoms with Gasteiger partial charge in [0.05, 0.1) is 5.41 Å². The number of anilines is 1. The molecule has 0 bridgehead atoms. The van der Waals surface area contributed by atoms with E-state index in [4.69, 9.17) is 11.6 Å². The molecule has 4 rings (SSSR count). The molecular weight excluding hydrogens is 374 g/mol. The monoisotopic (exact) mass is 395 g/mol. The van der Waals surface area contributed by atoms with E-state index in [2.05, 4.69) is 23.0 Å². The van der Waals surface area contributed by atoms with E-state index >= 15 is 0 Å². The summed E-state index contributed by atoms with van der Waals surface area (Å²) in [6.07, 6.45) is 5.84. The number of nitrogens with zero attached hydrogens (tertiary/aromatic N) is 5. The molecule has 2 fully saturated rings. The van der Waals surface area contributed by atoms with Gasteiger partial charge in [-0.25, -0.2) is 9.97 Å². The molecule has 2 aromatic rings. The minimum Gasteiger partial charge on any atom is -0.352 e. The van der Waals surface area contributed by atoms with Crippen molar-refractivity contribution in [1.29, 1.82) is 5.26 Å². The van der Waals surface area contributed by atoms with Gasteiger partial charge in [0.1, 0.15) is 6.07 Å². The third kappa shape index (κ3) is 3.31. The van der Waals surface area contributed by atoms with E-state index in [9.17, 15) is 10.1 Å². The Kier molecular flexibility index (Phi) is 4.94. The fourth-order valence-electron chi connectivity index (χ4n) is 4.33. The lowest BCUT2D eigenvalue weighted by Gasteiger charge is -2.51. The van der Waals surface area contributed by atoms with E-state index in [0.717, 1.165) is 24.9 Å². The molecule has 0 radical (unpaired) electrons. The molecule has 3 heterocycles. The van der Waals surface area contributed by atoms with Crippen molar-refractivity contribution in [2.75, 3.05) is 24.5 Å². The summed E-state index contributed by atoms with van der Waals surface area (Å²) in [7, 11) is 0. The van der Waals surface area contributed by atoms with Crippen molar-refractivity contribution in [1.82, 2.24) is 14.9 Å². The maximum atomic E-state index is 13.5. The van der Waals surface area contributed by atoms with Crippen LogP contribution >= 0.6 is 11.6 Å². The Labute approximate surface area is 169 Å². The zero-order valence-electron chi connectivity index (χ0n) is 15.8. The quantitative estimate of drug-likeness (QED) is 0.795. The fourth-order valence-corrected chi connectivity index (χ4v) is 4.46. The van der Waals surface area contributed by atoms with Crippen molar-refractivity contribution in [2.45, 2.75) is 32.2 Å². The lowest BCUT2D eigenvalue weighted by atomic mass is 9.73. The van der Waals surface area contributed by atoms with Crippen LogP contribution in [-0.2, 0) is 11.2 Å². The molecule has 1 amide bonds. The summed E-state index contributed by atoms with van der Waals surface area (Å²) in [5.74, 6) is 0.755. The maximum absolute atomic E-state index is 13.5. The molecule has 0 aliphatic carbocycles. The van der Waals surface area contributed by atoms with E-state index in [-0.39, 0.29) is 11.9 Å². The molecule has 1 unspecified atom stereocenters.